The van der Waals surface area contributed by atoms with Gasteiger partial charge >= 0.3 is 0 Å². The minimum absolute atomic E-state index is 0.413. The van der Waals surface area contributed by atoms with E-state index in [4.69, 9.17) is 18.0 Å². The molecule has 6 heteroatoms. The van der Waals surface area contributed by atoms with E-state index in [1.807, 2.05) is 26.0 Å². The number of nitrogens with two attached hydrogens (primary N) is 1. The van der Waals surface area contributed by atoms with Gasteiger partial charge in [-0.2, -0.15) is 0 Å². The van der Waals surface area contributed by atoms with E-state index in [2.05, 4.69) is 31.8 Å². The predicted molar refractivity (Wildman–Crippen MR) is 95.0 cm³/mol. The van der Waals surface area contributed by atoms with E-state index in [9.17, 15) is 5.11 Å². The Labute approximate surface area is 140 Å². The van der Waals surface area contributed by atoms with E-state index in [1.54, 1.807) is 0 Å². The molecule has 0 bridgehead atoms. The summed E-state index contributed by atoms with van der Waals surface area (Å²) < 4.78 is 0.937. The lowest BCUT2D eigenvalue weighted by Crippen LogP contribution is -2.50. The third-order valence-corrected chi connectivity index (χ3v) is 4.43. The van der Waals surface area contributed by atoms with Crippen LogP contribution in [0.5, 0.6) is 0 Å². The van der Waals surface area contributed by atoms with E-state index in [0.717, 1.165) is 41.9 Å². The van der Waals surface area contributed by atoms with Crippen molar-refractivity contribution in [1.29, 1.82) is 0 Å². The first-order chi connectivity index (χ1) is 9.78. The first-order valence-electron chi connectivity index (χ1n) is 7.06. The molecule has 1 aromatic rings. The summed E-state index contributed by atoms with van der Waals surface area (Å²) in [4.78, 5) is 5.01. The van der Waals surface area contributed by atoms with Gasteiger partial charge in [0.05, 0.1) is 5.60 Å². The van der Waals surface area contributed by atoms with Gasteiger partial charge in [0.15, 0.2) is 0 Å². The van der Waals surface area contributed by atoms with E-state index < -0.39 is 5.60 Å². The Balaban J connectivity index is 2.10. The molecule has 3 N–H and O–H groups in total. The molecule has 2 rings (SSSR count). The van der Waals surface area contributed by atoms with Crippen molar-refractivity contribution >= 4 is 38.8 Å². The Bertz CT molecular complexity index is 522. The largest absolute Gasteiger partial charge is 0.389 e. The predicted octanol–water partition coefficient (Wildman–Crippen LogP) is 1.98. The van der Waals surface area contributed by atoms with Crippen LogP contribution in [0.15, 0.2) is 22.7 Å². The molecule has 1 heterocycles. The molecule has 0 atom stereocenters. The van der Waals surface area contributed by atoms with Crippen LogP contribution in [0.25, 0.3) is 0 Å². The minimum Gasteiger partial charge on any atom is -0.389 e. The minimum atomic E-state index is -0.651. The van der Waals surface area contributed by atoms with Gasteiger partial charge in [-0.1, -0.05) is 18.3 Å². The third kappa shape index (κ3) is 4.39. The van der Waals surface area contributed by atoms with Crippen molar-refractivity contribution in [2.45, 2.75) is 19.4 Å². The van der Waals surface area contributed by atoms with Crippen molar-refractivity contribution in [1.82, 2.24) is 4.90 Å². The van der Waals surface area contributed by atoms with Gasteiger partial charge in [0, 0.05) is 48.4 Å². The van der Waals surface area contributed by atoms with Gasteiger partial charge in [-0.05, 0) is 41.9 Å². The van der Waals surface area contributed by atoms with Gasteiger partial charge in [0.1, 0.15) is 4.99 Å². The fourth-order valence-corrected chi connectivity index (χ4v) is 3.63. The normalized spacial score (nSPS) is 17.0. The topological polar surface area (TPSA) is 52.7 Å². The second kappa shape index (κ2) is 6.60. The molecule has 1 aromatic carbocycles. The number of halogens is 1. The summed E-state index contributed by atoms with van der Waals surface area (Å²) in [6, 6.07) is 6.03. The van der Waals surface area contributed by atoms with E-state index in [0.29, 0.717) is 11.5 Å². The Hall–Kier alpha value is -0.690. The average molecular weight is 372 g/mol. The number of benzene rings is 1. The fraction of sp³-hybridized carbons (Fsp3) is 0.533. The van der Waals surface area contributed by atoms with Gasteiger partial charge in [-0.3, -0.25) is 4.90 Å². The van der Waals surface area contributed by atoms with Crippen LogP contribution in [0.3, 0.4) is 0 Å². The van der Waals surface area contributed by atoms with E-state index >= 15 is 0 Å². The second-order valence-electron chi connectivity index (χ2n) is 6.07. The summed E-state index contributed by atoms with van der Waals surface area (Å²) in [5, 5.41) is 9.91. The molecule has 0 saturated carbocycles. The quantitative estimate of drug-likeness (QED) is 0.792. The second-order valence-corrected chi connectivity index (χ2v) is 7.37. The molecule has 0 unspecified atom stereocenters. The lowest BCUT2D eigenvalue weighted by Gasteiger charge is -2.39. The van der Waals surface area contributed by atoms with Crippen molar-refractivity contribution in [3.63, 3.8) is 0 Å². The van der Waals surface area contributed by atoms with Crippen molar-refractivity contribution < 1.29 is 5.11 Å². The number of nitrogens with zero attached hydrogens (tertiary/aromatic N) is 2. The number of aliphatic hydroxyl groups is 1. The van der Waals surface area contributed by atoms with Gasteiger partial charge < -0.3 is 15.7 Å². The maximum absolute atomic E-state index is 9.91. The highest BCUT2D eigenvalue weighted by atomic mass is 79.9. The Morgan fingerprint density at radius 3 is 2.48 bits per heavy atom. The number of rotatable bonds is 4. The molecule has 0 spiro atoms. The van der Waals surface area contributed by atoms with Gasteiger partial charge in [0.25, 0.3) is 0 Å². The molecule has 1 aliphatic rings. The number of anilines is 1. The molecule has 0 radical (unpaired) electrons. The van der Waals surface area contributed by atoms with Crippen molar-refractivity contribution in [3.05, 3.63) is 28.2 Å². The zero-order valence-corrected chi connectivity index (χ0v) is 14.9. The van der Waals surface area contributed by atoms with Crippen LogP contribution in [0.1, 0.15) is 19.4 Å². The van der Waals surface area contributed by atoms with Crippen LogP contribution >= 0.6 is 28.1 Å². The lowest BCUT2D eigenvalue weighted by molar-refractivity contribution is 0.0345. The summed E-state index contributed by atoms with van der Waals surface area (Å²) in [5.41, 5.74) is 7.20. The molecule has 1 fully saturated rings. The molecular weight excluding hydrogens is 350 g/mol. The average Bonchev–Trinajstić information content (AvgIpc) is 2.37. The monoisotopic (exact) mass is 371 g/mol. The molecule has 4 nitrogen and oxygen atoms in total. The fourth-order valence-electron chi connectivity index (χ4n) is 2.71. The summed E-state index contributed by atoms with van der Waals surface area (Å²) in [6.07, 6.45) is 0. The van der Waals surface area contributed by atoms with Gasteiger partial charge in [-0.25, -0.2) is 0 Å². The smallest absolute Gasteiger partial charge is 0.107 e. The molecule has 0 aliphatic carbocycles. The van der Waals surface area contributed by atoms with Crippen molar-refractivity contribution in [3.8, 4) is 0 Å². The zero-order valence-electron chi connectivity index (χ0n) is 12.5. The molecule has 0 aromatic heterocycles. The standard InChI is InChI=1S/C15H22BrN3OS/c1-15(2,20)10-18-6-8-19(9-7-18)12-5-3-4-11(16)13(12)14(17)21/h3-5,20H,6-10H2,1-2H3,(H2,17,21). The molecule has 0 amide bonds. The van der Waals surface area contributed by atoms with Crippen LogP contribution in [-0.4, -0.2) is 53.3 Å². The van der Waals surface area contributed by atoms with Crippen LogP contribution in [0.2, 0.25) is 0 Å². The first kappa shape index (κ1) is 16.7. The van der Waals surface area contributed by atoms with E-state index in [1.165, 1.54) is 0 Å². The maximum Gasteiger partial charge on any atom is 0.107 e. The summed E-state index contributed by atoms with van der Waals surface area (Å²) in [5.74, 6) is 0. The highest BCUT2D eigenvalue weighted by Crippen LogP contribution is 2.28. The summed E-state index contributed by atoms with van der Waals surface area (Å²) in [7, 11) is 0. The van der Waals surface area contributed by atoms with Gasteiger partial charge in [0.2, 0.25) is 0 Å². The van der Waals surface area contributed by atoms with Crippen LogP contribution in [-0.2, 0) is 0 Å². The number of β-amino-alcohol motifs (C(OH)–C–C–N with tert-alkyl or cyclic N) is 1. The summed E-state index contributed by atoms with van der Waals surface area (Å²) in [6.45, 7) is 8.05. The molecular formula is C15H22BrN3OS. The zero-order chi connectivity index (χ0) is 15.6. The Morgan fingerprint density at radius 2 is 1.95 bits per heavy atom. The summed E-state index contributed by atoms with van der Waals surface area (Å²) >= 11 is 8.71. The first-order valence-corrected chi connectivity index (χ1v) is 8.26. The van der Waals surface area contributed by atoms with Crippen LogP contribution in [0, 0.1) is 0 Å². The molecule has 21 heavy (non-hydrogen) atoms. The Kier molecular flexibility index (Phi) is 5.24. The Morgan fingerprint density at radius 1 is 1.33 bits per heavy atom. The van der Waals surface area contributed by atoms with Crippen LogP contribution in [0.4, 0.5) is 5.69 Å². The molecule has 1 saturated heterocycles. The third-order valence-electron chi connectivity index (χ3n) is 3.56. The highest BCUT2D eigenvalue weighted by molar-refractivity contribution is 9.10. The number of hydrogen-bond donors (Lipinski definition) is 2. The molecule has 1 aliphatic heterocycles. The van der Waals surface area contributed by atoms with Crippen LogP contribution < -0.4 is 10.6 Å². The molecule has 116 valence electrons. The number of thiocarbonyl (C=S) groups is 1. The highest BCUT2D eigenvalue weighted by Gasteiger charge is 2.24. The maximum atomic E-state index is 9.91. The SMILES string of the molecule is CC(C)(O)CN1CCN(c2cccc(Br)c2C(N)=S)CC1. The van der Waals surface area contributed by atoms with Crippen molar-refractivity contribution in [2.75, 3.05) is 37.6 Å². The van der Waals surface area contributed by atoms with Gasteiger partial charge in [-0.15, -0.1) is 0 Å². The lowest BCUT2D eigenvalue weighted by atomic mass is 10.1. The van der Waals surface area contributed by atoms with E-state index in [-0.39, 0.29) is 0 Å². The number of hydrogen-bond acceptors (Lipinski definition) is 4. The van der Waals surface area contributed by atoms with Crippen molar-refractivity contribution in [2.24, 2.45) is 5.73 Å². The number of piperazine rings is 1.